The van der Waals surface area contributed by atoms with Crippen molar-refractivity contribution in [3.05, 3.63) is 80.8 Å². The van der Waals surface area contributed by atoms with Crippen molar-refractivity contribution >= 4 is 51.6 Å². The number of methoxy groups -OCH3 is 1. The van der Waals surface area contributed by atoms with Crippen LogP contribution < -0.4 is 10.1 Å². The average molecular weight is 556 g/mol. The number of aliphatic imine (C=N–C) groups is 1. The zero-order valence-corrected chi connectivity index (χ0v) is 21.7. The Balaban J connectivity index is 2.03. The highest BCUT2D eigenvalue weighted by molar-refractivity contribution is 8.14. The van der Waals surface area contributed by atoms with Gasteiger partial charge in [-0.1, -0.05) is 41.4 Å². The van der Waals surface area contributed by atoms with Crippen molar-refractivity contribution in [1.82, 2.24) is 0 Å². The molecule has 5 nitrogen and oxygen atoms in total. The van der Waals surface area contributed by atoms with Crippen LogP contribution in [0.15, 0.2) is 58.7 Å². The van der Waals surface area contributed by atoms with E-state index in [4.69, 9.17) is 34.5 Å². The van der Waals surface area contributed by atoms with Gasteiger partial charge in [0.15, 0.2) is 5.04 Å². The van der Waals surface area contributed by atoms with Crippen LogP contribution in [0.2, 0.25) is 10.0 Å². The second-order valence-electron chi connectivity index (χ2n) is 7.89. The minimum absolute atomic E-state index is 0.117. The number of halogens is 5. The Kier molecular flexibility index (Phi) is 9.34. The maximum Gasteiger partial charge on any atom is 0.389 e. The minimum atomic E-state index is -4.26. The number of amides is 1. The zero-order valence-electron chi connectivity index (χ0n) is 19.3. The molecule has 2 unspecified atom stereocenters. The maximum absolute atomic E-state index is 13.5. The van der Waals surface area contributed by atoms with Gasteiger partial charge in [0.25, 0.3) is 11.9 Å². The first-order valence-electron chi connectivity index (χ1n) is 10.8. The molecule has 2 aromatic rings. The van der Waals surface area contributed by atoms with Crippen LogP contribution in [-0.2, 0) is 4.79 Å². The summed E-state index contributed by atoms with van der Waals surface area (Å²) >= 11 is 13.7. The summed E-state index contributed by atoms with van der Waals surface area (Å²) in [5.41, 5.74) is 1.50. The number of alkyl halides is 3. The Morgan fingerprint density at radius 2 is 1.97 bits per heavy atom. The van der Waals surface area contributed by atoms with E-state index in [-0.39, 0.29) is 22.8 Å². The first-order chi connectivity index (χ1) is 17.1. The van der Waals surface area contributed by atoms with Crippen molar-refractivity contribution < 1.29 is 22.7 Å². The number of thioether (sulfide) groups is 1. The standard InChI is InChI=1S/C25H22Cl2F3N3O2S/c1-14-20(23(34)33-18-7-4-5-8-19(18)35-3)21(16-10-9-15(26)13-17(16)27)22(31-2)24(32-14)36-12-6-11-25(28,29)30/h4-5,7-10,13,21-22H,6,11-12H2,1,3H3,(H,33,34). The number of benzene rings is 2. The molecule has 3 rings (SSSR count). The lowest BCUT2D eigenvalue weighted by Crippen LogP contribution is -2.34. The number of carbonyl (C=O) groups is 1. The third-order valence-electron chi connectivity index (χ3n) is 5.44. The van der Waals surface area contributed by atoms with Gasteiger partial charge in [-0.25, -0.2) is 11.6 Å². The van der Waals surface area contributed by atoms with E-state index in [2.05, 4.69) is 15.2 Å². The van der Waals surface area contributed by atoms with Gasteiger partial charge >= 0.3 is 6.18 Å². The van der Waals surface area contributed by atoms with Crippen molar-refractivity contribution in [1.29, 1.82) is 0 Å². The maximum atomic E-state index is 13.5. The molecule has 0 fully saturated rings. The molecular formula is C25H22Cl2F3N3O2S. The summed E-state index contributed by atoms with van der Waals surface area (Å²) in [5.74, 6) is -0.732. The smallest absolute Gasteiger partial charge is 0.389 e. The molecular weight excluding hydrogens is 534 g/mol. The molecule has 0 saturated carbocycles. The molecule has 0 saturated heterocycles. The molecule has 0 aliphatic carbocycles. The van der Waals surface area contributed by atoms with Gasteiger partial charge in [-0.15, -0.1) is 11.8 Å². The molecule has 0 radical (unpaired) electrons. The predicted molar refractivity (Wildman–Crippen MR) is 139 cm³/mol. The monoisotopic (exact) mass is 555 g/mol. The minimum Gasteiger partial charge on any atom is -0.495 e. The number of para-hydroxylation sites is 2. The van der Waals surface area contributed by atoms with Crippen LogP contribution in [0.4, 0.5) is 18.9 Å². The Labute approximate surface area is 221 Å². The van der Waals surface area contributed by atoms with Crippen LogP contribution in [0, 0.1) is 6.57 Å². The average Bonchev–Trinajstić information content (AvgIpc) is 2.81. The summed E-state index contributed by atoms with van der Waals surface area (Å²) in [5, 5.41) is 3.82. The molecule has 0 aromatic heterocycles. The zero-order chi connectivity index (χ0) is 26.5. The fourth-order valence-corrected chi connectivity index (χ4v) is 5.42. The van der Waals surface area contributed by atoms with E-state index >= 15 is 0 Å². The summed E-state index contributed by atoms with van der Waals surface area (Å²) in [7, 11) is 1.48. The topological polar surface area (TPSA) is 55.0 Å². The molecule has 1 N–H and O–H groups in total. The first kappa shape index (κ1) is 27.9. The number of rotatable bonds is 7. The highest BCUT2D eigenvalue weighted by Crippen LogP contribution is 2.43. The first-order valence-corrected chi connectivity index (χ1v) is 12.5. The number of ether oxygens (including phenoxy) is 1. The van der Waals surface area contributed by atoms with Crippen LogP contribution in [0.5, 0.6) is 5.75 Å². The van der Waals surface area contributed by atoms with Crippen molar-refractivity contribution in [3.8, 4) is 5.75 Å². The number of hydrogen-bond acceptors (Lipinski definition) is 4. The van der Waals surface area contributed by atoms with Crippen molar-refractivity contribution in [2.75, 3.05) is 18.2 Å². The Morgan fingerprint density at radius 1 is 1.25 bits per heavy atom. The lowest BCUT2D eigenvalue weighted by atomic mass is 9.82. The molecule has 0 bridgehead atoms. The van der Waals surface area contributed by atoms with Gasteiger partial charge in [-0.2, -0.15) is 13.2 Å². The third-order valence-corrected chi connectivity index (χ3v) is 7.12. The van der Waals surface area contributed by atoms with E-state index in [1.54, 1.807) is 43.3 Å². The number of nitrogens with zero attached hydrogens (tertiary/aromatic N) is 2. The molecule has 1 aliphatic heterocycles. The summed E-state index contributed by atoms with van der Waals surface area (Å²) < 4.78 is 43.1. The molecule has 190 valence electrons. The highest BCUT2D eigenvalue weighted by Gasteiger charge is 2.44. The van der Waals surface area contributed by atoms with Crippen molar-refractivity contribution in [2.24, 2.45) is 4.99 Å². The van der Waals surface area contributed by atoms with E-state index in [0.717, 1.165) is 11.8 Å². The van der Waals surface area contributed by atoms with Gasteiger partial charge < -0.3 is 14.9 Å². The third kappa shape index (κ3) is 6.75. The van der Waals surface area contributed by atoms with E-state index in [0.29, 0.717) is 32.8 Å². The van der Waals surface area contributed by atoms with E-state index in [1.807, 2.05) is 0 Å². The molecule has 11 heteroatoms. The van der Waals surface area contributed by atoms with Crippen LogP contribution in [-0.4, -0.2) is 36.0 Å². The number of hydrogen-bond donors (Lipinski definition) is 1. The van der Waals surface area contributed by atoms with Crippen LogP contribution >= 0.6 is 35.0 Å². The van der Waals surface area contributed by atoms with Crippen LogP contribution in [0.3, 0.4) is 0 Å². The number of nitrogens with one attached hydrogen (secondary N) is 1. The van der Waals surface area contributed by atoms with Crippen molar-refractivity contribution in [2.45, 2.75) is 37.9 Å². The van der Waals surface area contributed by atoms with Crippen molar-refractivity contribution in [3.63, 3.8) is 0 Å². The van der Waals surface area contributed by atoms with E-state index in [9.17, 15) is 18.0 Å². The number of carbonyl (C=O) groups excluding carboxylic acids is 1. The fourth-order valence-electron chi connectivity index (χ4n) is 3.84. The molecule has 2 aromatic carbocycles. The van der Waals surface area contributed by atoms with Crippen LogP contribution in [0.25, 0.3) is 4.85 Å². The highest BCUT2D eigenvalue weighted by atomic mass is 35.5. The van der Waals surface area contributed by atoms with Gasteiger partial charge in [-0.05, 0) is 48.9 Å². The second-order valence-corrected chi connectivity index (χ2v) is 9.85. The van der Waals surface area contributed by atoms with Crippen LogP contribution in [0.1, 0.15) is 31.2 Å². The number of allylic oxidation sites excluding steroid dienone is 1. The summed E-state index contributed by atoms with van der Waals surface area (Å²) in [6.07, 6.45) is -5.30. The fraction of sp³-hybridized carbons (Fsp3) is 0.320. The molecule has 1 aliphatic rings. The Morgan fingerprint density at radius 3 is 2.61 bits per heavy atom. The summed E-state index contributed by atoms with van der Waals surface area (Å²) in [6, 6.07) is 10.7. The molecule has 36 heavy (non-hydrogen) atoms. The molecule has 1 amide bonds. The SMILES string of the molecule is [C-]#[N+]C1C(SCCCC(F)(F)F)=NC(C)=C(C(=O)Nc2ccccc2OC)C1c1ccc(Cl)cc1Cl. The van der Waals surface area contributed by atoms with E-state index < -0.39 is 30.5 Å². The van der Waals surface area contributed by atoms with Gasteiger partial charge in [0.2, 0.25) is 0 Å². The second kappa shape index (κ2) is 12.0. The molecule has 2 atom stereocenters. The van der Waals surface area contributed by atoms with Gasteiger partial charge in [0.05, 0.1) is 24.3 Å². The van der Waals surface area contributed by atoms with Gasteiger partial charge in [-0.3, -0.25) is 4.79 Å². The lowest BCUT2D eigenvalue weighted by molar-refractivity contribution is -0.134. The quantitative estimate of drug-likeness (QED) is 0.280. The normalized spacial score (nSPS) is 17.9. The Hall–Kier alpha value is -2.67. The Bertz CT molecular complexity index is 1240. The largest absolute Gasteiger partial charge is 0.495 e. The molecule has 0 spiro atoms. The lowest BCUT2D eigenvalue weighted by Gasteiger charge is -2.28. The number of anilines is 1. The summed E-state index contributed by atoms with van der Waals surface area (Å²) in [4.78, 5) is 21.8. The van der Waals surface area contributed by atoms with Gasteiger partial charge in [0, 0.05) is 22.2 Å². The van der Waals surface area contributed by atoms with Gasteiger partial charge in [0.1, 0.15) is 5.75 Å². The molecule has 1 heterocycles. The van der Waals surface area contributed by atoms with E-state index in [1.165, 1.54) is 13.2 Å². The predicted octanol–water partition coefficient (Wildman–Crippen LogP) is 7.77. The summed E-state index contributed by atoms with van der Waals surface area (Å²) in [6.45, 7) is 9.52.